The van der Waals surface area contributed by atoms with E-state index in [0.29, 0.717) is 6.54 Å². The maximum atomic E-state index is 10.6. The molecule has 0 aliphatic heterocycles. The average Bonchev–Trinajstić information content (AvgIpc) is 2.72. The van der Waals surface area contributed by atoms with Crippen molar-refractivity contribution < 1.29 is 14.6 Å². The Bertz CT molecular complexity index is 328. The third-order valence-corrected chi connectivity index (χ3v) is 2.77. The highest BCUT2D eigenvalue weighted by Crippen LogP contribution is 2.08. The molecular weight excluding hydrogens is 228 g/mol. The highest BCUT2D eigenvalue weighted by molar-refractivity contribution is 7.11. The van der Waals surface area contributed by atoms with Crippen LogP contribution in [0.2, 0.25) is 0 Å². The SMILES string of the molecule is CCOCCCNCc1csc(C(=O)O)n1. The van der Waals surface area contributed by atoms with Crippen LogP contribution in [0.4, 0.5) is 0 Å². The maximum Gasteiger partial charge on any atom is 0.365 e. The van der Waals surface area contributed by atoms with Crippen molar-refractivity contribution in [3.8, 4) is 0 Å². The minimum atomic E-state index is -0.965. The van der Waals surface area contributed by atoms with E-state index in [9.17, 15) is 4.79 Å². The fourth-order valence-electron chi connectivity index (χ4n) is 1.15. The summed E-state index contributed by atoms with van der Waals surface area (Å²) >= 11 is 1.15. The Morgan fingerprint density at radius 1 is 1.69 bits per heavy atom. The zero-order chi connectivity index (χ0) is 11.8. The van der Waals surface area contributed by atoms with Crippen molar-refractivity contribution in [3.05, 3.63) is 16.1 Å². The zero-order valence-electron chi connectivity index (χ0n) is 9.23. The summed E-state index contributed by atoms with van der Waals surface area (Å²) in [7, 11) is 0. The number of hydrogen-bond donors (Lipinski definition) is 2. The Kier molecular flexibility index (Phi) is 5.99. The van der Waals surface area contributed by atoms with Crippen molar-refractivity contribution in [2.45, 2.75) is 19.9 Å². The van der Waals surface area contributed by atoms with Gasteiger partial charge in [0.15, 0.2) is 0 Å². The molecular formula is C10H16N2O3S. The van der Waals surface area contributed by atoms with E-state index in [-0.39, 0.29) is 5.01 Å². The number of thiazole rings is 1. The molecule has 0 aliphatic rings. The van der Waals surface area contributed by atoms with Crippen molar-refractivity contribution in [3.63, 3.8) is 0 Å². The molecule has 0 amide bonds. The topological polar surface area (TPSA) is 71.5 Å². The Morgan fingerprint density at radius 3 is 3.12 bits per heavy atom. The highest BCUT2D eigenvalue weighted by Gasteiger charge is 2.07. The van der Waals surface area contributed by atoms with Gasteiger partial charge in [0, 0.05) is 25.1 Å². The average molecular weight is 244 g/mol. The monoisotopic (exact) mass is 244 g/mol. The van der Waals surface area contributed by atoms with Crippen LogP contribution in [0.1, 0.15) is 28.8 Å². The molecule has 1 aromatic heterocycles. The van der Waals surface area contributed by atoms with Gasteiger partial charge in [0.05, 0.1) is 5.69 Å². The number of aromatic carboxylic acids is 1. The molecule has 1 aromatic rings. The minimum Gasteiger partial charge on any atom is -0.476 e. The Hall–Kier alpha value is -0.980. The highest BCUT2D eigenvalue weighted by atomic mass is 32.1. The molecule has 0 saturated carbocycles. The van der Waals surface area contributed by atoms with Crippen LogP contribution in [0.3, 0.4) is 0 Å². The van der Waals surface area contributed by atoms with Gasteiger partial charge in [-0.25, -0.2) is 9.78 Å². The van der Waals surface area contributed by atoms with Crippen molar-refractivity contribution in [1.29, 1.82) is 0 Å². The molecule has 6 heteroatoms. The summed E-state index contributed by atoms with van der Waals surface area (Å²) in [6.07, 6.45) is 0.948. The van der Waals surface area contributed by atoms with Gasteiger partial charge in [-0.15, -0.1) is 11.3 Å². The molecule has 0 radical (unpaired) electrons. The van der Waals surface area contributed by atoms with Crippen molar-refractivity contribution in [2.24, 2.45) is 0 Å². The first-order valence-corrected chi connectivity index (χ1v) is 6.08. The molecule has 0 aromatic carbocycles. The molecule has 0 atom stereocenters. The second-order valence-electron chi connectivity index (χ2n) is 3.18. The van der Waals surface area contributed by atoms with Crippen LogP contribution in [0, 0.1) is 0 Å². The van der Waals surface area contributed by atoms with Crippen molar-refractivity contribution in [2.75, 3.05) is 19.8 Å². The second kappa shape index (κ2) is 7.32. The van der Waals surface area contributed by atoms with Gasteiger partial charge in [-0.1, -0.05) is 0 Å². The lowest BCUT2D eigenvalue weighted by Crippen LogP contribution is -2.16. The molecule has 0 aliphatic carbocycles. The van der Waals surface area contributed by atoms with Gasteiger partial charge < -0.3 is 15.2 Å². The summed E-state index contributed by atoms with van der Waals surface area (Å²) in [6, 6.07) is 0. The predicted octanol–water partition coefficient (Wildman–Crippen LogP) is 1.36. The third-order valence-electron chi connectivity index (χ3n) is 1.89. The Labute approximate surface area is 98.5 Å². The van der Waals surface area contributed by atoms with Gasteiger partial charge in [0.1, 0.15) is 0 Å². The zero-order valence-corrected chi connectivity index (χ0v) is 10.0. The third kappa shape index (κ3) is 4.69. The van der Waals surface area contributed by atoms with Crippen LogP contribution < -0.4 is 5.32 Å². The fourth-order valence-corrected chi connectivity index (χ4v) is 1.80. The van der Waals surface area contributed by atoms with Crippen LogP contribution in [-0.4, -0.2) is 35.8 Å². The maximum absolute atomic E-state index is 10.6. The summed E-state index contributed by atoms with van der Waals surface area (Å²) in [4.78, 5) is 14.5. The van der Waals surface area contributed by atoms with Gasteiger partial charge in [-0.3, -0.25) is 0 Å². The molecule has 0 fully saturated rings. The van der Waals surface area contributed by atoms with Crippen LogP contribution in [0.25, 0.3) is 0 Å². The largest absolute Gasteiger partial charge is 0.476 e. The normalized spacial score (nSPS) is 10.6. The predicted molar refractivity (Wildman–Crippen MR) is 61.9 cm³/mol. The summed E-state index contributed by atoms with van der Waals surface area (Å²) in [5, 5.41) is 13.8. The molecule has 0 spiro atoms. The molecule has 5 nitrogen and oxygen atoms in total. The molecule has 16 heavy (non-hydrogen) atoms. The quantitative estimate of drug-likeness (QED) is 0.676. The van der Waals surface area contributed by atoms with Crippen LogP contribution in [0.15, 0.2) is 5.38 Å². The van der Waals surface area contributed by atoms with E-state index < -0.39 is 5.97 Å². The molecule has 1 rings (SSSR count). The van der Waals surface area contributed by atoms with Crippen molar-refractivity contribution in [1.82, 2.24) is 10.3 Å². The van der Waals surface area contributed by atoms with E-state index in [1.807, 2.05) is 6.92 Å². The van der Waals surface area contributed by atoms with E-state index in [4.69, 9.17) is 9.84 Å². The van der Waals surface area contributed by atoms with E-state index in [1.165, 1.54) is 0 Å². The van der Waals surface area contributed by atoms with Gasteiger partial charge in [0.25, 0.3) is 0 Å². The number of hydrogen-bond acceptors (Lipinski definition) is 5. The number of carboxylic acids is 1. The molecule has 1 heterocycles. The van der Waals surface area contributed by atoms with Gasteiger partial charge in [0.2, 0.25) is 5.01 Å². The summed E-state index contributed by atoms with van der Waals surface area (Å²) < 4.78 is 5.19. The number of aromatic nitrogens is 1. The lowest BCUT2D eigenvalue weighted by atomic mass is 10.4. The van der Waals surface area contributed by atoms with Gasteiger partial charge in [-0.05, 0) is 19.9 Å². The number of nitrogens with zero attached hydrogens (tertiary/aromatic N) is 1. The minimum absolute atomic E-state index is 0.145. The number of carbonyl (C=O) groups is 1. The molecule has 0 unspecified atom stereocenters. The number of rotatable bonds is 8. The van der Waals surface area contributed by atoms with Crippen LogP contribution >= 0.6 is 11.3 Å². The smallest absolute Gasteiger partial charge is 0.365 e. The number of nitrogens with one attached hydrogen (secondary N) is 1. The van der Waals surface area contributed by atoms with Gasteiger partial charge >= 0.3 is 5.97 Å². The Balaban J connectivity index is 2.14. The van der Waals surface area contributed by atoms with Gasteiger partial charge in [-0.2, -0.15) is 0 Å². The standard InChI is InChI=1S/C10H16N2O3S/c1-2-15-5-3-4-11-6-8-7-16-9(12-8)10(13)14/h7,11H,2-6H2,1H3,(H,13,14). The first kappa shape index (κ1) is 13.1. The van der Waals surface area contributed by atoms with Crippen LogP contribution in [0.5, 0.6) is 0 Å². The summed E-state index contributed by atoms with van der Waals surface area (Å²) in [5.74, 6) is -0.965. The van der Waals surface area contributed by atoms with Crippen molar-refractivity contribution >= 4 is 17.3 Å². The lowest BCUT2D eigenvalue weighted by Gasteiger charge is -2.02. The fraction of sp³-hybridized carbons (Fsp3) is 0.600. The second-order valence-corrected chi connectivity index (χ2v) is 4.03. The first-order valence-electron chi connectivity index (χ1n) is 5.20. The van der Waals surface area contributed by atoms with Crippen LogP contribution in [-0.2, 0) is 11.3 Å². The molecule has 0 saturated heterocycles. The van der Waals surface area contributed by atoms with E-state index >= 15 is 0 Å². The summed E-state index contributed by atoms with van der Waals surface area (Å²) in [6.45, 7) is 4.92. The first-order chi connectivity index (χ1) is 7.74. The number of ether oxygens (including phenoxy) is 1. The molecule has 0 bridgehead atoms. The van der Waals surface area contributed by atoms with E-state index in [0.717, 1.165) is 43.2 Å². The molecule has 2 N–H and O–H groups in total. The Morgan fingerprint density at radius 2 is 2.50 bits per heavy atom. The lowest BCUT2D eigenvalue weighted by molar-refractivity contribution is 0.0696. The van der Waals surface area contributed by atoms with E-state index in [1.54, 1.807) is 5.38 Å². The summed E-state index contributed by atoms with van der Waals surface area (Å²) in [5.41, 5.74) is 0.777. The molecule has 90 valence electrons. The number of carboxylic acid groups (broad SMARTS) is 1. The van der Waals surface area contributed by atoms with E-state index in [2.05, 4.69) is 10.3 Å².